The number of amides is 2. The lowest BCUT2D eigenvalue weighted by Gasteiger charge is -2.55. The fraction of sp³-hybridized carbons (Fsp3) is 0.872. The number of esters is 1. The number of carbonyl (C=O) groups is 3. The first-order valence-corrected chi connectivity index (χ1v) is 24.3. The molecule has 5 aliphatic heterocycles. The molecule has 2 amide bonds. The Hall–Kier alpha value is -2.70. The molecular weight excluding hydrogens is 745 g/mol. The summed E-state index contributed by atoms with van der Waals surface area (Å²) >= 11 is 0. The van der Waals surface area contributed by atoms with Crippen molar-refractivity contribution in [1.29, 1.82) is 0 Å². The van der Waals surface area contributed by atoms with Crippen molar-refractivity contribution in [1.82, 2.24) is 15.1 Å². The van der Waals surface area contributed by atoms with Crippen LogP contribution in [0.3, 0.4) is 0 Å². The number of nitrogens with two attached hydrogens (primary N) is 2. The maximum Gasteiger partial charge on any atom is 0.306 e. The van der Waals surface area contributed by atoms with Gasteiger partial charge in [-0.05, 0) is 84.1 Å². The highest BCUT2D eigenvalue weighted by Crippen LogP contribution is 2.48. The van der Waals surface area contributed by atoms with E-state index in [0.29, 0.717) is 51.4 Å². The van der Waals surface area contributed by atoms with Gasteiger partial charge in [-0.15, -0.1) is 0 Å². The topological polar surface area (TPSA) is 162 Å². The summed E-state index contributed by atoms with van der Waals surface area (Å²) in [6.45, 7) is 6.12. The third-order valence-electron chi connectivity index (χ3n) is 13.5. The summed E-state index contributed by atoms with van der Waals surface area (Å²) in [7, 11) is 0. The Kier molecular flexibility index (Phi) is 19.8. The van der Waals surface area contributed by atoms with E-state index in [4.69, 9.17) is 30.7 Å². The van der Waals surface area contributed by atoms with Gasteiger partial charge in [0.1, 0.15) is 5.72 Å². The SMILES string of the molecule is CC[C@H]1C=CCC[C@@]2(C[C@@H]3CC[C@@H]4[C@H](OC(=O)CCCCCCCCCCCCCCCCCC(=O)N(CCCN)CCCC(N)=O)[C@]5(CCC[C@@H](C)O5)N=C(N2)N34)O1. The van der Waals surface area contributed by atoms with Crippen molar-refractivity contribution < 1.29 is 28.6 Å². The number of unbranched alkanes of at least 4 members (excludes halogenated alkanes) is 14. The van der Waals surface area contributed by atoms with Crippen molar-refractivity contribution in [3.63, 3.8) is 0 Å². The van der Waals surface area contributed by atoms with Gasteiger partial charge in [-0.3, -0.25) is 14.4 Å². The zero-order valence-corrected chi connectivity index (χ0v) is 37.1. The number of nitrogens with zero attached hydrogens (tertiary/aromatic N) is 3. The Morgan fingerprint density at radius 2 is 1.49 bits per heavy atom. The number of carbonyl (C=O) groups excluding carboxylic acids is 3. The lowest BCUT2D eigenvalue weighted by molar-refractivity contribution is -0.214. The van der Waals surface area contributed by atoms with Crippen LogP contribution in [0, 0.1) is 0 Å². The van der Waals surface area contributed by atoms with Gasteiger partial charge in [-0.1, -0.05) is 103 Å². The van der Waals surface area contributed by atoms with Crippen molar-refractivity contribution in [2.45, 2.75) is 242 Å². The summed E-state index contributed by atoms with van der Waals surface area (Å²) in [5, 5.41) is 3.81. The maximum atomic E-state index is 13.5. The molecular formula is C47H82N6O6. The number of nitrogens with one attached hydrogen (secondary N) is 1. The van der Waals surface area contributed by atoms with E-state index in [-0.39, 0.29) is 42.1 Å². The molecule has 12 nitrogen and oxygen atoms in total. The van der Waals surface area contributed by atoms with Crippen LogP contribution in [-0.4, -0.2) is 95.0 Å². The van der Waals surface area contributed by atoms with E-state index in [1.807, 2.05) is 4.90 Å². The number of hydrogen-bond donors (Lipinski definition) is 3. The van der Waals surface area contributed by atoms with Crippen molar-refractivity contribution in [2.75, 3.05) is 19.6 Å². The van der Waals surface area contributed by atoms with Gasteiger partial charge in [0.25, 0.3) is 0 Å². The zero-order valence-electron chi connectivity index (χ0n) is 37.1. The van der Waals surface area contributed by atoms with E-state index < -0.39 is 11.4 Å². The molecule has 5 N–H and O–H groups in total. The number of allylic oxidation sites excluding steroid dienone is 1. The Morgan fingerprint density at radius 1 is 0.847 bits per heavy atom. The van der Waals surface area contributed by atoms with Crippen molar-refractivity contribution >= 4 is 23.7 Å². The van der Waals surface area contributed by atoms with Crippen molar-refractivity contribution in [3.8, 4) is 0 Å². The second-order valence-electron chi connectivity index (χ2n) is 18.5. The molecule has 7 atom stereocenters. The molecule has 336 valence electrons. The van der Waals surface area contributed by atoms with Gasteiger partial charge >= 0.3 is 5.97 Å². The largest absolute Gasteiger partial charge is 0.455 e. The van der Waals surface area contributed by atoms with E-state index >= 15 is 0 Å². The molecule has 0 aromatic rings. The lowest BCUT2D eigenvalue weighted by atomic mass is 9.87. The highest BCUT2D eigenvalue weighted by atomic mass is 16.6. The highest BCUT2D eigenvalue weighted by molar-refractivity contribution is 5.84. The second-order valence-corrected chi connectivity index (χ2v) is 18.5. The van der Waals surface area contributed by atoms with E-state index in [1.54, 1.807) is 0 Å². The van der Waals surface area contributed by atoms with Crippen LogP contribution in [0.2, 0.25) is 0 Å². The average molecular weight is 827 g/mol. The molecule has 0 aromatic carbocycles. The van der Waals surface area contributed by atoms with Crippen LogP contribution in [0.1, 0.15) is 200 Å². The third kappa shape index (κ3) is 14.4. The predicted octanol–water partition coefficient (Wildman–Crippen LogP) is 8.30. The summed E-state index contributed by atoms with van der Waals surface area (Å²) < 4.78 is 20.0. The third-order valence-corrected chi connectivity index (χ3v) is 13.5. The molecule has 0 saturated carbocycles. The first-order chi connectivity index (χ1) is 28.7. The summed E-state index contributed by atoms with van der Waals surface area (Å²) in [6.07, 6.45) is 33.5. The van der Waals surface area contributed by atoms with Gasteiger partial charge in [0.15, 0.2) is 12.1 Å². The molecule has 2 spiro atoms. The van der Waals surface area contributed by atoms with E-state index in [9.17, 15) is 14.4 Å². The van der Waals surface area contributed by atoms with Crippen LogP contribution in [0.5, 0.6) is 0 Å². The van der Waals surface area contributed by atoms with Gasteiger partial charge in [-0.2, -0.15) is 0 Å². The minimum atomic E-state index is -0.843. The number of hydrogen-bond acceptors (Lipinski definition) is 10. The Labute approximate surface area is 356 Å². The van der Waals surface area contributed by atoms with E-state index in [0.717, 1.165) is 95.9 Å². The fourth-order valence-electron chi connectivity index (χ4n) is 10.3. The zero-order chi connectivity index (χ0) is 41.9. The van der Waals surface area contributed by atoms with Gasteiger partial charge in [0.2, 0.25) is 17.5 Å². The fourth-order valence-corrected chi connectivity index (χ4v) is 10.3. The molecule has 3 fully saturated rings. The minimum Gasteiger partial charge on any atom is -0.455 e. The number of primary amides is 1. The van der Waals surface area contributed by atoms with Gasteiger partial charge in [0.05, 0.1) is 18.2 Å². The second kappa shape index (κ2) is 24.7. The van der Waals surface area contributed by atoms with Crippen molar-refractivity contribution in [2.24, 2.45) is 16.5 Å². The standard InChI is InChI=1S/C47H82N6O6/c1-3-39-25-19-20-31-46(59-39)36-38-29-30-40-44(47(32-21-24-37(2)58-47)51-45(50-46)53(38)40)57-43(56)28-18-16-14-12-10-8-6-4-5-7-9-11-13-15-17-27-42(55)52(35-23-33-48)34-22-26-41(49)54/h19,25,37-40,44H,3-18,20-24,26-36,48H2,1-2H3,(H2,49,54)(H,50,51)/t37-,38+,39+,40-,44+,46+,47-/m1/s1. The molecule has 0 bridgehead atoms. The first kappa shape index (κ1) is 47.4. The molecule has 5 aliphatic rings. The minimum absolute atomic E-state index is 0.0723. The van der Waals surface area contributed by atoms with Crippen LogP contribution in [0.15, 0.2) is 17.1 Å². The summed E-state index contributed by atoms with van der Waals surface area (Å²) in [5.74, 6) is 0.640. The maximum absolute atomic E-state index is 13.5. The normalized spacial score (nSPS) is 28.6. The van der Waals surface area contributed by atoms with Gasteiger partial charge in [0, 0.05) is 51.2 Å². The van der Waals surface area contributed by atoms with Crippen molar-refractivity contribution in [3.05, 3.63) is 12.2 Å². The van der Waals surface area contributed by atoms with Crippen LogP contribution < -0.4 is 16.8 Å². The number of rotatable bonds is 27. The highest BCUT2D eigenvalue weighted by Gasteiger charge is 2.60. The Bertz CT molecular complexity index is 1360. The smallest absolute Gasteiger partial charge is 0.306 e. The van der Waals surface area contributed by atoms with Crippen LogP contribution in [-0.2, 0) is 28.6 Å². The molecule has 5 rings (SSSR count). The molecule has 5 heterocycles. The Morgan fingerprint density at radius 3 is 2.12 bits per heavy atom. The monoisotopic (exact) mass is 827 g/mol. The quantitative estimate of drug-likeness (QED) is 0.0420. The van der Waals surface area contributed by atoms with E-state index in [2.05, 4.69) is 36.2 Å². The summed E-state index contributed by atoms with van der Waals surface area (Å²) in [4.78, 5) is 46.8. The van der Waals surface area contributed by atoms with Gasteiger partial charge < -0.3 is 40.8 Å². The van der Waals surface area contributed by atoms with Gasteiger partial charge in [-0.25, -0.2) is 4.99 Å². The summed E-state index contributed by atoms with van der Waals surface area (Å²) in [6, 6.07) is 0.392. The number of ether oxygens (including phenoxy) is 3. The van der Waals surface area contributed by atoms with E-state index in [1.165, 1.54) is 70.6 Å². The molecule has 0 aliphatic carbocycles. The predicted molar refractivity (Wildman–Crippen MR) is 234 cm³/mol. The first-order valence-electron chi connectivity index (χ1n) is 24.3. The van der Waals surface area contributed by atoms with Crippen LogP contribution in [0.4, 0.5) is 0 Å². The van der Waals surface area contributed by atoms with Crippen LogP contribution >= 0.6 is 0 Å². The molecule has 3 saturated heterocycles. The van der Waals surface area contributed by atoms with Crippen LogP contribution in [0.25, 0.3) is 0 Å². The number of aliphatic imine (C=N–C) groups is 1. The molecule has 0 unspecified atom stereocenters. The molecule has 0 aromatic heterocycles. The molecule has 59 heavy (non-hydrogen) atoms. The lowest BCUT2D eigenvalue weighted by Crippen LogP contribution is -2.72. The number of guanidine groups is 1. The Balaban J connectivity index is 0.908. The summed E-state index contributed by atoms with van der Waals surface area (Å²) in [5.41, 5.74) is 9.63. The molecule has 12 heteroatoms. The molecule has 0 radical (unpaired) electrons. The average Bonchev–Trinajstić information content (AvgIpc) is 3.53.